The summed E-state index contributed by atoms with van der Waals surface area (Å²) in [7, 11) is 0. The highest BCUT2D eigenvalue weighted by molar-refractivity contribution is 5.35. The molecule has 2 rings (SSSR count). The lowest BCUT2D eigenvalue weighted by Crippen LogP contribution is -1.96. The molecule has 0 aromatic heterocycles. The van der Waals surface area contributed by atoms with Crippen LogP contribution in [0.4, 0.5) is 13.2 Å². The Morgan fingerprint density at radius 2 is 1.50 bits per heavy atom. The molecule has 0 fully saturated rings. The molecule has 20 heavy (non-hydrogen) atoms. The van der Waals surface area contributed by atoms with E-state index in [1.807, 2.05) is 12.1 Å². The molecule has 0 unspecified atom stereocenters. The molecule has 0 amide bonds. The van der Waals surface area contributed by atoms with Crippen molar-refractivity contribution in [3.63, 3.8) is 0 Å². The smallest absolute Gasteiger partial charge is 0.198 e. The Bertz CT molecular complexity index is 568. The maximum Gasteiger partial charge on any atom is 0.198 e. The summed E-state index contributed by atoms with van der Waals surface area (Å²) in [6.07, 6.45) is 0.916. The van der Waals surface area contributed by atoms with Crippen LogP contribution in [0.5, 0.6) is 11.5 Å². The molecule has 0 aliphatic rings. The highest BCUT2D eigenvalue weighted by atomic mass is 19.1. The van der Waals surface area contributed by atoms with Crippen LogP contribution in [-0.2, 0) is 6.42 Å². The number of halogens is 3. The molecular weight excluding hydrogens is 265 g/mol. The van der Waals surface area contributed by atoms with E-state index in [1.54, 1.807) is 12.1 Å². The average molecular weight is 280 g/mol. The third-order valence-corrected chi connectivity index (χ3v) is 2.75. The SMILES string of the molecule is CC(C)Cc1ccc(Oc2c(F)cc(F)cc2F)cc1. The van der Waals surface area contributed by atoms with Crippen molar-refractivity contribution in [3.8, 4) is 11.5 Å². The molecule has 0 N–H and O–H groups in total. The largest absolute Gasteiger partial charge is 0.451 e. The van der Waals surface area contributed by atoms with Crippen molar-refractivity contribution in [3.05, 3.63) is 59.4 Å². The summed E-state index contributed by atoms with van der Waals surface area (Å²) in [5.41, 5.74) is 1.12. The normalized spacial score (nSPS) is 10.9. The summed E-state index contributed by atoms with van der Waals surface area (Å²) in [5, 5.41) is 0. The van der Waals surface area contributed by atoms with Crippen LogP contribution in [0.1, 0.15) is 19.4 Å². The van der Waals surface area contributed by atoms with Gasteiger partial charge in [-0.05, 0) is 30.0 Å². The molecule has 0 aliphatic heterocycles. The Morgan fingerprint density at radius 3 is 2.00 bits per heavy atom. The fraction of sp³-hybridized carbons (Fsp3) is 0.250. The third kappa shape index (κ3) is 3.53. The molecule has 4 heteroatoms. The Balaban J connectivity index is 2.18. The van der Waals surface area contributed by atoms with Crippen molar-refractivity contribution in [1.82, 2.24) is 0 Å². The van der Waals surface area contributed by atoms with Crippen LogP contribution in [0.25, 0.3) is 0 Å². The minimum absolute atomic E-state index is 0.307. The number of benzene rings is 2. The molecule has 0 spiro atoms. The molecule has 2 aromatic carbocycles. The molecule has 0 bridgehead atoms. The Kier molecular flexibility index (Phi) is 4.32. The first-order valence-corrected chi connectivity index (χ1v) is 6.37. The van der Waals surface area contributed by atoms with Crippen LogP contribution in [0, 0.1) is 23.4 Å². The Labute approximate surface area is 116 Å². The van der Waals surface area contributed by atoms with Crippen molar-refractivity contribution < 1.29 is 17.9 Å². The zero-order valence-corrected chi connectivity index (χ0v) is 11.3. The van der Waals surface area contributed by atoms with Crippen molar-refractivity contribution in [1.29, 1.82) is 0 Å². The summed E-state index contributed by atoms with van der Waals surface area (Å²) in [6.45, 7) is 4.21. The second-order valence-corrected chi connectivity index (χ2v) is 5.04. The second kappa shape index (κ2) is 5.99. The lowest BCUT2D eigenvalue weighted by atomic mass is 10.0. The third-order valence-electron chi connectivity index (χ3n) is 2.75. The fourth-order valence-electron chi connectivity index (χ4n) is 1.91. The van der Waals surface area contributed by atoms with Crippen molar-refractivity contribution in [2.45, 2.75) is 20.3 Å². The summed E-state index contributed by atoms with van der Waals surface area (Å²) < 4.78 is 44.8. The highest BCUT2D eigenvalue weighted by Gasteiger charge is 2.13. The van der Waals surface area contributed by atoms with Crippen LogP contribution in [0.15, 0.2) is 36.4 Å². The minimum Gasteiger partial charge on any atom is -0.451 e. The van der Waals surface area contributed by atoms with E-state index in [-0.39, 0.29) is 0 Å². The Morgan fingerprint density at radius 1 is 0.950 bits per heavy atom. The number of rotatable bonds is 4. The predicted molar refractivity (Wildman–Crippen MR) is 71.4 cm³/mol. The number of hydrogen-bond acceptors (Lipinski definition) is 1. The van der Waals surface area contributed by atoms with Gasteiger partial charge in [0, 0.05) is 12.1 Å². The fourth-order valence-corrected chi connectivity index (χ4v) is 1.91. The van der Waals surface area contributed by atoms with Crippen LogP contribution in [-0.4, -0.2) is 0 Å². The standard InChI is InChI=1S/C16H15F3O/c1-10(2)7-11-3-5-13(6-4-11)20-16-14(18)8-12(17)9-15(16)19/h3-6,8-10H,7H2,1-2H3. The summed E-state index contributed by atoms with van der Waals surface area (Å²) >= 11 is 0. The lowest BCUT2D eigenvalue weighted by molar-refractivity contribution is 0.401. The molecule has 0 saturated heterocycles. The van der Waals surface area contributed by atoms with Crippen LogP contribution in [0.2, 0.25) is 0 Å². The molecule has 0 heterocycles. The van der Waals surface area contributed by atoms with Gasteiger partial charge >= 0.3 is 0 Å². The van der Waals surface area contributed by atoms with Gasteiger partial charge in [0.25, 0.3) is 0 Å². The van der Waals surface area contributed by atoms with Gasteiger partial charge in [-0.25, -0.2) is 13.2 Å². The molecule has 0 atom stereocenters. The van der Waals surface area contributed by atoms with Crippen molar-refractivity contribution in [2.24, 2.45) is 5.92 Å². The number of ether oxygens (including phenoxy) is 1. The van der Waals surface area contributed by atoms with Crippen LogP contribution >= 0.6 is 0 Å². The van der Waals surface area contributed by atoms with Gasteiger partial charge in [0.1, 0.15) is 11.6 Å². The first kappa shape index (κ1) is 14.4. The van der Waals surface area contributed by atoms with E-state index < -0.39 is 23.2 Å². The first-order chi connectivity index (χ1) is 9.45. The minimum atomic E-state index is -1.06. The van der Waals surface area contributed by atoms with Gasteiger partial charge in [-0.3, -0.25) is 0 Å². The molecule has 0 aliphatic carbocycles. The summed E-state index contributed by atoms with van der Waals surface area (Å²) in [5.74, 6) is -2.86. The van der Waals surface area contributed by atoms with Crippen molar-refractivity contribution in [2.75, 3.05) is 0 Å². The average Bonchev–Trinajstić information content (AvgIpc) is 2.35. The quantitative estimate of drug-likeness (QED) is 0.757. The molecule has 0 saturated carbocycles. The molecule has 0 radical (unpaired) electrons. The van der Waals surface area contributed by atoms with Gasteiger partial charge in [-0.2, -0.15) is 0 Å². The van der Waals surface area contributed by atoms with E-state index in [1.165, 1.54) is 0 Å². The molecule has 106 valence electrons. The monoisotopic (exact) mass is 280 g/mol. The van der Waals surface area contributed by atoms with Crippen molar-refractivity contribution >= 4 is 0 Å². The van der Waals surface area contributed by atoms with E-state index in [2.05, 4.69) is 13.8 Å². The Hall–Kier alpha value is -1.97. The predicted octanol–water partition coefficient (Wildman–Crippen LogP) is 5.09. The van der Waals surface area contributed by atoms with E-state index in [4.69, 9.17) is 4.74 Å². The topological polar surface area (TPSA) is 9.23 Å². The summed E-state index contributed by atoms with van der Waals surface area (Å²) in [4.78, 5) is 0. The lowest BCUT2D eigenvalue weighted by Gasteiger charge is -2.09. The zero-order chi connectivity index (χ0) is 14.7. The van der Waals surface area contributed by atoms with Gasteiger partial charge in [0.15, 0.2) is 17.4 Å². The van der Waals surface area contributed by atoms with E-state index >= 15 is 0 Å². The number of hydrogen-bond donors (Lipinski definition) is 0. The van der Waals surface area contributed by atoms with Crippen LogP contribution in [0.3, 0.4) is 0 Å². The van der Waals surface area contributed by atoms with E-state index in [0.29, 0.717) is 23.8 Å². The second-order valence-electron chi connectivity index (χ2n) is 5.04. The zero-order valence-electron chi connectivity index (χ0n) is 11.3. The maximum atomic E-state index is 13.4. The van der Waals surface area contributed by atoms with Gasteiger partial charge in [0.2, 0.25) is 0 Å². The molecule has 2 aromatic rings. The first-order valence-electron chi connectivity index (χ1n) is 6.37. The summed E-state index contributed by atoms with van der Waals surface area (Å²) in [6, 6.07) is 8.14. The highest BCUT2D eigenvalue weighted by Crippen LogP contribution is 2.28. The van der Waals surface area contributed by atoms with Gasteiger partial charge in [-0.1, -0.05) is 26.0 Å². The maximum absolute atomic E-state index is 13.4. The van der Waals surface area contributed by atoms with Crippen LogP contribution < -0.4 is 4.74 Å². The van der Waals surface area contributed by atoms with E-state index in [9.17, 15) is 13.2 Å². The van der Waals surface area contributed by atoms with Gasteiger partial charge in [-0.15, -0.1) is 0 Å². The van der Waals surface area contributed by atoms with Gasteiger partial charge in [0.05, 0.1) is 0 Å². The van der Waals surface area contributed by atoms with E-state index in [0.717, 1.165) is 12.0 Å². The molecular formula is C16H15F3O. The van der Waals surface area contributed by atoms with Gasteiger partial charge < -0.3 is 4.74 Å². The molecule has 1 nitrogen and oxygen atoms in total.